The van der Waals surface area contributed by atoms with E-state index in [0.29, 0.717) is 45.9 Å². The van der Waals surface area contributed by atoms with Crippen LogP contribution in [0.4, 0.5) is 4.79 Å². The van der Waals surface area contributed by atoms with Crippen molar-refractivity contribution in [2.45, 2.75) is 6.54 Å². The van der Waals surface area contributed by atoms with E-state index < -0.39 is 0 Å². The SMILES string of the molecule is O=C(CN1CCOc2ccccc2C1)NCCN1CCNC1=O. The lowest BCUT2D eigenvalue weighted by Crippen LogP contribution is -2.41. The highest BCUT2D eigenvalue weighted by Gasteiger charge is 2.20. The minimum atomic E-state index is -0.0551. The molecule has 3 amide bonds. The van der Waals surface area contributed by atoms with E-state index in [9.17, 15) is 9.59 Å². The summed E-state index contributed by atoms with van der Waals surface area (Å²) in [6, 6.07) is 7.86. The van der Waals surface area contributed by atoms with E-state index in [1.54, 1.807) is 4.90 Å². The molecule has 0 aromatic heterocycles. The van der Waals surface area contributed by atoms with Crippen LogP contribution in [0.25, 0.3) is 0 Å². The number of hydrogen-bond donors (Lipinski definition) is 2. The monoisotopic (exact) mass is 318 g/mol. The molecule has 0 unspecified atom stereocenters. The van der Waals surface area contributed by atoms with E-state index in [4.69, 9.17) is 4.74 Å². The highest BCUT2D eigenvalue weighted by atomic mass is 16.5. The first-order valence-electron chi connectivity index (χ1n) is 7.95. The Kier molecular flexibility index (Phi) is 4.97. The van der Waals surface area contributed by atoms with Gasteiger partial charge in [-0.2, -0.15) is 0 Å². The summed E-state index contributed by atoms with van der Waals surface area (Å²) in [6.45, 7) is 4.75. The lowest BCUT2D eigenvalue weighted by atomic mass is 10.2. The molecule has 2 aliphatic rings. The van der Waals surface area contributed by atoms with Gasteiger partial charge in [-0.3, -0.25) is 9.69 Å². The van der Waals surface area contributed by atoms with Crippen molar-refractivity contribution in [1.29, 1.82) is 0 Å². The summed E-state index contributed by atoms with van der Waals surface area (Å²) in [5, 5.41) is 5.62. The fraction of sp³-hybridized carbons (Fsp3) is 0.500. The van der Waals surface area contributed by atoms with Crippen LogP contribution in [0.2, 0.25) is 0 Å². The number of ether oxygens (including phenoxy) is 1. The molecule has 7 heteroatoms. The summed E-state index contributed by atoms with van der Waals surface area (Å²) in [4.78, 5) is 27.3. The van der Waals surface area contributed by atoms with E-state index in [-0.39, 0.29) is 11.9 Å². The van der Waals surface area contributed by atoms with E-state index in [1.165, 1.54) is 0 Å². The largest absolute Gasteiger partial charge is 0.492 e. The predicted octanol–water partition coefficient (Wildman–Crippen LogP) is 0.0224. The molecular formula is C16H22N4O3. The Bertz CT molecular complexity index is 578. The molecule has 1 aromatic carbocycles. The molecule has 1 aromatic rings. The van der Waals surface area contributed by atoms with Gasteiger partial charge in [-0.25, -0.2) is 4.79 Å². The summed E-state index contributed by atoms with van der Waals surface area (Å²) < 4.78 is 5.70. The van der Waals surface area contributed by atoms with Crippen molar-refractivity contribution in [3.8, 4) is 5.75 Å². The molecule has 23 heavy (non-hydrogen) atoms. The van der Waals surface area contributed by atoms with Crippen LogP contribution in [0.3, 0.4) is 0 Å². The number of rotatable bonds is 5. The third-order valence-corrected chi connectivity index (χ3v) is 4.05. The standard InChI is InChI=1S/C16H22N4O3/c21-15(17-5-7-20-8-6-18-16(20)22)12-19-9-10-23-14-4-2-1-3-13(14)11-19/h1-4H,5-12H2,(H,17,21)(H,18,22). The van der Waals surface area contributed by atoms with Crippen LogP contribution >= 0.6 is 0 Å². The first kappa shape index (κ1) is 15.6. The third kappa shape index (κ3) is 4.13. The molecule has 1 fully saturated rings. The lowest BCUT2D eigenvalue weighted by Gasteiger charge is -2.19. The minimum absolute atomic E-state index is 0.0241. The molecule has 0 spiro atoms. The fourth-order valence-electron chi connectivity index (χ4n) is 2.83. The van der Waals surface area contributed by atoms with Gasteiger partial charge in [-0.15, -0.1) is 0 Å². The second-order valence-corrected chi connectivity index (χ2v) is 5.74. The number of carbonyl (C=O) groups excluding carboxylic acids is 2. The number of urea groups is 1. The number of nitrogens with one attached hydrogen (secondary N) is 2. The van der Waals surface area contributed by atoms with Crippen molar-refractivity contribution >= 4 is 11.9 Å². The van der Waals surface area contributed by atoms with Crippen LogP contribution in [-0.4, -0.2) is 67.6 Å². The fourth-order valence-corrected chi connectivity index (χ4v) is 2.83. The Hall–Kier alpha value is -2.28. The number of fused-ring (bicyclic) bond motifs is 1. The molecule has 2 aliphatic heterocycles. The molecule has 0 saturated carbocycles. The van der Waals surface area contributed by atoms with Gasteiger partial charge in [0.05, 0.1) is 6.54 Å². The van der Waals surface area contributed by atoms with Crippen molar-refractivity contribution in [3.05, 3.63) is 29.8 Å². The summed E-state index contributed by atoms with van der Waals surface area (Å²) in [5.41, 5.74) is 1.10. The number of benzene rings is 1. The number of amides is 3. The quantitative estimate of drug-likeness (QED) is 0.803. The number of carbonyl (C=O) groups is 2. The van der Waals surface area contributed by atoms with Crippen molar-refractivity contribution in [2.24, 2.45) is 0 Å². The van der Waals surface area contributed by atoms with Gasteiger partial charge in [0, 0.05) is 44.8 Å². The van der Waals surface area contributed by atoms with Crippen molar-refractivity contribution in [1.82, 2.24) is 20.4 Å². The maximum Gasteiger partial charge on any atom is 0.317 e. The van der Waals surface area contributed by atoms with Crippen molar-refractivity contribution < 1.29 is 14.3 Å². The van der Waals surface area contributed by atoms with Crippen LogP contribution in [-0.2, 0) is 11.3 Å². The van der Waals surface area contributed by atoms with Crippen LogP contribution in [0.15, 0.2) is 24.3 Å². The zero-order chi connectivity index (χ0) is 16.1. The van der Waals surface area contributed by atoms with Gasteiger partial charge in [-0.1, -0.05) is 18.2 Å². The third-order valence-electron chi connectivity index (χ3n) is 4.05. The second-order valence-electron chi connectivity index (χ2n) is 5.74. The van der Waals surface area contributed by atoms with Gasteiger partial charge >= 0.3 is 6.03 Å². The summed E-state index contributed by atoms with van der Waals surface area (Å²) >= 11 is 0. The lowest BCUT2D eigenvalue weighted by molar-refractivity contribution is -0.122. The van der Waals surface area contributed by atoms with Crippen molar-refractivity contribution in [3.63, 3.8) is 0 Å². The van der Waals surface area contributed by atoms with Gasteiger partial charge < -0.3 is 20.3 Å². The second kappa shape index (κ2) is 7.32. The molecule has 0 aliphatic carbocycles. The number of para-hydroxylation sites is 1. The van der Waals surface area contributed by atoms with Crippen molar-refractivity contribution in [2.75, 3.05) is 45.9 Å². The molecular weight excluding hydrogens is 296 g/mol. The smallest absolute Gasteiger partial charge is 0.317 e. The summed E-state index contributed by atoms with van der Waals surface area (Å²) in [6.07, 6.45) is 0. The first-order valence-corrected chi connectivity index (χ1v) is 7.95. The molecule has 2 N–H and O–H groups in total. The van der Waals surface area contributed by atoms with Gasteiger partial charge in [0.15, 0.2) is 0 Å². The van der Waals surface area contributed by atoms with E-state index >= 15 is 0 Å². The normalized spacial score (nSPS) is 17.9. The van der Waals surface area contributed by atoms with Crippen LogP contribution in [0.1, 0.15) is 5.56 Å². The van der Waals surface area contributed by atoms with Crippen LogP contribution in [0, 0.1) is 0 Å². The Morgan fingerprint density at radius 2 is 2.17 bits per heavy atom. The first-order chi connectivity index (χ1) is 11.2. The average Bonchev–Trinajstić information content (AvgIpc) is 2.83. The predicted molar refractivity (Wildman–Crippen MR) is 85.2 cm³/mol. The summed E-state index contributed by atoms with van der Waals surface area (Å²) in [5.74, 6) is 0.874. The molecule has 2 heterocycles. The zero-order valence-corrected chi connectivity index (χ0v) is 13.1. The molecule has 124 valence electrons. The molecule has 0 atom stereocenters. The Labute approximate surface area is 135 Å². The Balaban J connectivity index is 1.43. The highest BCUT2D eigenvalue weighted by molar-refractivity contribution is 5.78. The minimum Gasteiger partial charge on any atom is -0.492 e. The van der Waals surface area contributed by atoms with Crippen LogP contribution < -0.4 is 15.4 Å². The van der Waals surface area contributed by atoms with Gasteiger partial charge in [0.25, 0.3) is 0 Å². The average molecular weight is 318 g/mol. The topological polar surface area (TPSA) is 73.9 Å². The molecule has 0 radical (unpaired) electrons. The van der Waals surface area contributed by atoms with E-state index in [0.717, 1.165) is 17.9 Å². The summed E-state index contributed by atoms with van der Waals surface area (Å²) in [7, 11) is 0. The van der Waals surface area contributed by atoms with Gasteiger partial charge in [-0.05, 0) is 6.07 Å². The van der Waals surface area contributed by atoms with E-state index in [1.807, 2.05) is 24.3 Å². The molecule has 3 rings (SSSR count). The highest BCUT2D eigenvalue weighted by Crippen LogP contribution is 2.21. The molecule has 7 nitrogen and oxygen atoms in total. The van der Waals surface area contributed by atoms with Gasteiger partial charge in [0.2, 0.25) is 5.91 Å². The number of nitrogens with zero attached hydrogens (tertiary/aromatic N) is 2. The zero-order valence-electron chi connectivity index (χ0n) is 13.1. The van der Waals surface area contributed by atoms with Gasteiger partial charge in [0.1, 0.15) is 12.4 Å². The van der Waals surface area contributed by atoms with E-state index in [2.05, 4.69) is 15.5 Å². The Morgan fingerprint density at radius 3 is 3.00 bits per heavy atom. The molecule has 0 bridgehead atoms. The molecule has 1 saturated heterocycles. The number of hydrogen-bond acceptors (Lipinski definition) is 4. The maximum atomic E-state index is 12.1. The maximum absolute atomic E-state index is 12.1. The Morgan fingerprint density at radius 1 is 1.30 bits per heavy atom. The van der Waals surface area contributed by atoms with Crippen LogP contribution in [0.5, 0.6) is 5.75 Å².